The molecule has 1 aliphatic heterocycles. The maximum atomic E-state index is 12.0. The molecule has 0 aliphatic carbocycles. The molecule has 0 bridgehead atoms. The van der Waals surface area contributed by atoms with E-state index >= 15 is 0 Å². The number of carbonyl (C=O) groups is 1. The van der Waals surface area contributed by atoms with Crippen molar-refractivity contribution in [2.45, 2.75) is 6.04 Å². The number of hydrogen-bond donors (Lipinski definition) is 1. The first-order valence-corrected chi connectivity index (χ1v) is 5.30. The SMILES string of the molecule is CN(C(=O)c1cccc(Cl)c1)C1CNC1.Cl. The third kappa shape index (κ3) is 2.67. The number of benzene rings is 1. The van der Waals surface area contributed by atoms with Gasteiger partial charge in [-0.15, -0.1) is 12.4 Å². The van der Waals surface area contributed by atoms with Crippen molar-refractivity contribution < 1.29 is 4.79 Å². The smallest absolute Gasteiger partial charge is 0.253 e. The van der Waals surface area contributed by atoms with Gasteiger partial charge < -0.3 is 10.2 Å². The molecule has 0 aromatic heterocycles. The van der Waals surface area contributed by atoms with Crippen molar-refractivity contribution in [2.75, 3.05) is 20.1 Å². The van der Waals surface area contributed by atoms with Crippen molar-refractivity contribution in [2.24, 2.45) is 0 Å². The Kier molecular flexibility index (Phi) is 4.59. The maximum absolute atomic E-state index is 12.0. The van der Waals surface area contributed by atoms with E-state index in [1.54, 1.807) is 29.2 Å². The zero-order valence-electron chi connectivity index (χ0n) is 8.94. The van der Waals surface area contributed by atoms with Crippen LogP contribution >= 0.6 is 24.0 Å². The predicted molar refractivity (Wildman–Crippen MR) is 67.5 cm³/mol. The number of carbonyl (C=O) groups excluding carboxylic acids is 1. The molecule has 1 aromatic rings. The Morgan fingerprint density at radius 3 is 2.69 bits per heavy atom. The summed E-state index contributed by atoms with van der Waals surface area (Å²) in [7, 11) is 1.83. The Hall–Kier alpha value is -0.770. The first kappa shape index (κ1) is 13.3. The van der Waals surface area contributed by atoms with E-state index in [-0.39, 0.29) is 18.3 Å². The molecule has 16 heavy (non-hydrogen) atoms. The number of nitrogens with zero attached hydrogens (tertiary/aromatic N) is 1. The highest BCUT2D eigenvalue weighted by molar-refractivity contribution is 6.30. The van der Waals surface area contributed by atoms with Gasteiger partial charge in [-0.3, -0.25) is 4.79 Å². The van der Waals surface area contributed by atoms with E-state index in [1.807, 2.05) is 7.05 Å². The summed E-state index contributed by atoms with van der Waals surface area (Å²) in [5.41, 5.74) is 0.650. The molecule has 0 spiro atoms. The van der Waals surface area contributed by atoms with Crippen LogP contribution in [0.2, 0.25) is 5.02 Å². The highest BCUT2D eigenvalue weighted by atomic mass is 35.5. The molecule has 88 valence electrons. The Balaban J connectivity index is 0.00000128. The molecule has 3 nitrogen and oxygen atoms in total. The molecule has 1 aromatic carbocycles. The lowest BCUT2D eigenvalue weighted by Crippen LogP contribution is -2.57. The predicted octanol–water partition coefficient (Wildman–Crippen LogP) is 1.81. The quantitative estimate of drug-likeness (QED) is 0.880. The summed E-state index contributed by atoms with van der Waals surface area (Å²) in [6.45, 7) is 1.76. The largest absolute Gasteiger partial charge is 0.336 e. The zero-order valence-corrected chi connectivity index (χ0v) is 10.5. The standard InChI is InChI=1S/C11H13ClN2O.ClH/c1-14(10-6-13-7-10)11(15)8-3-2-4-9(12)5-8;/h2-5,10,13H,6-7H2,1H3;1H. The van der Waals surface area contributed by atoms with Gasteiger partial charge in [0.05, 0.1) is 6.04 Å². The van der Waals surface area contributed by atoms with Gasteiger partial charge in [0.15, 0.2) is 0 Å². The average molecular weight is 261 g/mol. The Morgan fingerprint density at radius 1 is 1.50 bits per heavy atom. The molecule has 5 heteroatoms. The third-order valence-corrected chi connectivity index (χ3v) is 2.93. The van der Waals surface area contributed by atoms with Crippen LogP contribution in [-0.4, -0.2) is 37.0 Å². The molecule has 2 rings (SSSR count). The van der Waals surface area contributed by atoms with Gasteiger partial charge in [-0.2, -0.15) is 0 Å². The van der Waals surface area contributed by atoms with Gasteiger partial charge >= 0.3 is 0 Å². The van der Waals surface area contributed by atoms with Crippen LogP contribution in [-0.2, 0) is 0 Å². The Labute approximate surface area is 106 Å². The van der Waals surface area contributed by atoms with Crippen LogP contribution in [0.4, 0.5) is 0 Å². The molecule has 0 radical (unpaired) electrons. The maximum Gasteiger partial charge on any atom is 0.253 e. The molecule has 1 amide bonds. The molecule has 1 N–H and O–H groups in total. The summed E-state index contributed by atoms with van der Waals surface area (Å²) in [4.78, 5) is 13.7. The Morgan fingerprint density at radius 2 is 2.19 bits per heavy atom. The minimum absolute atomic E-state index is 0. The zero-order chi connectivity index (χ0) is 10.8. The van der Waals surface area contributed by atoms with Crippen molar-refractivity contribution in [1.29, 1.82) is 0 Å². The van der Waals surface area contributed by atoms with E-state index < -0.39 is 0 Å². The second-order valence-electron chi connectivity index (χ2n) is 3.74. The number of hydrogen-bond acceptors (Lipinski definition) is 2. The first-order chi connectivity index (χ1) is 7.18. The van der Waals surface area contributed by atoms with Crippen LogP contribution in [0.25, 0.3) is 0 Å². The van der Waals surface area contributed by atoms with Crippen molar-refractivity contribution >= 4 is 29.9 Å². The van der Waals surface area contributed by atoms with Gasteiger partial charge in [0.1, 0.15) is 0 Å². The van der Waals surface area contributed by atoms with Crippen LogP contribution in [0.1, 0.15) is 10.4 Å². The molecule has 1 fully saturated rings. The number of nitrogens with one attached hydrogen (secondary N) is 1. The van der Waals surface area contributed by atoms with E-state index in [9.17, 15) is 4.79 Å². The van der Waals surface area contributed by atoms with E-state index in [0.29, 0.717) is 16.6 Å². The topological polar surface area (TPSA) is 32.3 Å². The molecule has 1 saturated heterocycles. The van der Waals surface area contributed by atoms with E-state index in [4.69, 9.17) is 11.6 Å². The number of amides is 1. The van der Waals surface area contributed by atoms with Gasteiger partial charge in [-0.25, -0.2) is 0 Å². The Bertz CT molecular complexity index is 380. The van der Waals surface area contributed by atoms with Gasteiger partial charge in [0.2, 0.25) is 0 Å². The summed E-state index contributed by atoms with van der Waals surface area (Å²) in [5, 5.41) is 3.74. The van der Waals surface area contributed by atoms with Crippen molar-refractivity contribution in [1.82, 2.24) is 10.2 Å². The summed E-state index contributed by atoms with van der Waals surface area (Å²) < 4.78 is 0. The molecule has 0 unspecified atom stereocenters. The van der Waals surface area contributed by atoms with E-state index in [1.165, 1.54) is 0 Å². The van der Waals surface area contributed by atoms with E-state index in [2.05, 4.69) is 5.32 Å². The second-order valence-corrected chi connectivity index (χ2v) is 4.17. The van der Waals surface area contributed by atoms with Crippen LogP contribution in [0.5, 0.6) is 0 Å². The highest BCUT2D eigenvalue weighted by Gasteiger charge is 2.25. The molecule has 1 aliphatic rings. The van der Waals surface area contributed by atoms with Gasteiger partial charge in [-0.1, -0.05) is 17.7 Å². The molecular weight excluding hydrogens is 247 g/mol. The van der Waals surface area contributed by atoms with Crippen molar-refractivity contribution in [3.8, 4) is 0 Å². The van der Waals surface area contributed by atoms with Gasteiger partial charge in [0.25, 0.3) is 5.91 Å². The summed E-state index contributed by atoms with van der Waals surface area (Å²) in [6.07, 6.45) is 0. The van der Waals surface area contributed by atoms with E-state index in [0.717, 1.165) is 13.1 Å². The lowest BCUT2D eigenvalue weighted by molar-refractivity contribution is 0.0681. The number of halogens is 2. The van der Waals surface area contributed by atoms with Gasteiger partial charge in [0, 0.05) is 30.7 Å². The number of likely N-dealkylation sites (N-methyl/N-ethyl adjacent to an activating group) is 1. The fourth-order valence-corrected chi connectivity index (χ4v) is 1.73. The normalized spacial score (nSPS) is 14.9. The molecule has 1 heterocycles. The van der Waals surface area contributed by atoms with Crippen LogP contribution < -0.4 is 5.32 Å². The second kappa shape index (κ2) is 5.53. The highest BCUT2D eigenvalue weighted by Crippen LogP contribution is 2.14. The minimum Gasteiger partial charge on any atom is -0.336 e. The molecular formula is C11H14Cl2N2O. The summed E-state index contributed by atoms with van der Waals surface area (Å²) >= 11 is 5.84. The first-order valence-electron chi connectivity index (χ1n) is 4.92. The van der Waals surface area contributed by atoms with Crippen LogP contribution in [0.15, 0.2) is 24.3 Å². The fraction of sp³-hybridized carbons (Fsp3) is 0.364. The molecule has 0 atom stereocenters. The lowest BCUT2D eigenvalue weighted by atomic mass is 10.1. The number of rotatable bonds is 2. The third-order valence-electron chi connectivity index (χ3n) is 2.70. The molecule has 0 saturated carbocycles. The van der Waals surface area contributed by atoms with Crippen molar-refractivity contribution in [3.05, 3.63) is 34.9 Å². The monoisotopic (exact) mass is 260 g/mol. The summed E-state index contributed by atoms with van der Waals surface area (Å²) in [5.74, 6) is 0.0315. The fourth-order valence-electron chi connectivity index (χ4n) is 1.54. The summed E-state index contributed by atoms with van der Waals surface area (Å²) in [6, 6.07) is 7.37. The average Bonchev–Trinajstić information content (AvgIpc) is 2.14. The van der Waals surface area contributed by atoms with Crippen molar-refractivity contribution in [3.63, 3.8) is 0 Å². The lowest BCUT2D eigenvalue weighted by Gasteiger charge is -2.35. The minimum atomic E-state index is 0. The van der Waals surface area contributed by atoms with Gasteiger partial charge in [-0.05, 0) is 18.2 Å². The van der Waals surface area contributed by atoms with Crippen LogP contribution in [0, 0.1) is 0 Å². The van der Waals surface area contributed by atoms with Crippen LogP contribution in [0.3, 0.4) is 0 Å².